The summed E-state index contributed by atoms with van der Waals surface area (Å²) in [6.45, 7) is 0. The molecule has 1 aromatic rings. The quantitative estimate of drug-likeness (QED) is 0.324. The van der Waals surface area contributed by atoms with E-state index >= 15 is 0 Å². The van der Waals surface area contributed by atoms with Crippen LogP contribution in [-0.4, -0.2) is 10.9 Å². The molecule has 2 nitrogen and oxygen atoms in total. The Balaban J connectivity index is 2.65. The molecule has 24 heavy (non-hydrogen) atoms. The molecular formula is C12ClF9O2. The van der Waals surface area contributed by atoms with Crippen LogP contribution in [0.3, 0.4) is 0 Å². The lowest BCUT2D eigenvalue weighted by Gasteiger charge is -2.21. The highest BCUT2D eigenvalue weighted by Crippen LogP contribution is 2.43. The number of ether oxygens (including phenoxy) is 1. The highest BCUT2D eigenvalue weighted by molar-refractivity contribution is 6.38. The minimum Gasteiger partial charge on any atom is -0.444 e. The monoisotopic (exact) mass is 382 g/mol. The fourth-order valence-corrected chi connectivity index (χ4v) is 1.71. The average Bonchev–Trinajstić information content (AvgIpc) is 2.54. The minimum atomic E-state index is -4.29. The molecule has 1 aliphatic rings. The predicted octanol–water partition coefficient (Wildman–Crippen LogP) is 4.58. The number of hydrogen-bond donors (Lipinski definition) is 0. The molecule has 0 amide bonds. The first kappa shape index (κ1) is 18.2. The first-order valence-electron chi connectivity index (χ1n) is 5.50. The smallest absolute Gasteiger partial charge is 0.302 e. The third kappa shape index (κ3) is 2.43. The van der Waals surface area contributed by atoms with Crippen molar-refractivity contribution in [3.8, 4) is 5.75 Å². The Hall–Kier alpha value is -2.17. The zero-order valence-corrected chi connectivity index (χ0v) is 11.4. The van der Waals surface area contributed by atoms with Crippen LogP contribution < -0.4 is 4.74 Å². The van der Waals surface area contributed by atoms with Gasteiger partial charge in [-0.25, -0.2) is 22.0 Å². The van der Waals surface area contributed by atoms with Crippen LogP contribution in [0.15, 0.2) is 23.2 Å². The van der Waals surface area contributed by atoms with Crippen LogP contribution >= 0.6 is 11.6 Å². The van der Waals surface area contributed by atoms with Gasteiger partial charge in [-0.3, -0.25) is 4.79 Å². The predicted molar refractivity (Wildman–Crippen MR) is 58.9 cm³/mol. The van der Waals surface area contributed by atoms with E-state index in [1.807, 2.05) is 0 Å². The molecular weight excluding hydrogens is 383 g/mol. The van der Waals surface area contributed by atoms with Crippen LogP contribution in [0.2, 0.25) is 0 Å². The van der Waals surface area contributed by atoms with E-state index in [4.69, 9.17) is 0 Å². The standard InChI is InChI=1S/C12ClF9O2/c13-12(22)10(21)6(19)9(7(20)11(12)23)24-8-4(17)2(15)1(14)3(16)5(8)18. The fourth-order valence-electron chi connectivity index (χ4n) is 1.54. The highest BCUT2D eigenvalue weighted by atomic mass is 35.5. The van der Waals surface area contributed by atoms with Crippen LogP contribution in [-0.2, 0) is 4.79 Å². The number of carbonyl (C=O) groups excluding carboxylic acids is 1. The van der Waals surface area contributed by atoms with Gasteiger partial charge in [-0.1, -0.05) is 11.6 Å². The minimum absolute atomic E-state index is 2.24. The lowest BCUT2D eigenvalue weighted by molar-refractivity contribution is -0.123. The molecule has 1 atom stereocenters. The number of ketones is 1. The SMILES string of the molecule is O=C1C(F)=C(Oc2c(F)c(F)c(F)c(F)c2F)C(F)=C(F)C1(F)Cl. The molecule has 0 fully saturated rings. The molecule has 1 aromatic carbocycles. The lowest BCUT2D eigenvalue weighted by Crippen LogP contribution is -2.34. The Bertz CT molecular complexity index is 799. The maximum absolute atomic E-state index is 13.5. The summed E-state index contributed by atoms with van der Waals surface area (Å²) >= 11 is 4.63. The molecule has 1 aliphatic carbocycles. The first-order valence-corrected chi connectivity index (χ1v) is 5.88. The Morgan fingerprint density at radius 2 is 1.17 bits per heavy atom. The molecule has 0 bridgehead atoms. The first-order chi connectivity index (χ1) is 10.9. The normalized spacial score (nSPS) is 21.7. The lowest BCUT2D eigenvalue weighted by atomic mass is 10.1. The van der Waals surface area contributed by atoms with Crippen molar-refractivity contribution < 1.29 is 49.0 Å². The van der Waals surface area contributed by atoms with Crippen molar-refractivity contribution in [1.29, 1.82) is 0 Å². The van der Waals surface area contributed by atoms with Gasteiger partial charge < -0.3 is 4.74 Å². The summed E-state index contributed by atoms with van der Waals surface area (Å²) in [6, 6.07) is 0. The van der Waals surface area contributed by atoms with Gasteiger partial charge in [0.15, 0.2) is 0 Å². The van der Waals surface area contributed by atoms with Crippen LogP contribution in [0.25, 0.3) is 0 Å². The van der Waals surface area contributed by atoms with Crippen LogP contribution in [0.5, 0.6) is 5.75 Å². The molecule has 0 N–H and O–H groups in total. The number of halogens is 10. The van der Waals surface area contributed by atoms with Gasteiger partial charge in [-0.05, 0) is 0 Å². The summed E-state index contributed by atoms with van der Waals surface area (Å²) in [4.78, 5) is 11.1. The molecule has 130 valence electrons. The Labute approximate surface area is 130 Å². The molecule has 2 rings (SSSR count). The summed E-state index contributed by atoms with van der Waals surface area (Å²) in [7, 11) is 0. The number of alkyl halides is 2. The second-order valence-electron chi connectivity index (χ2n) is 4.18. The van der Waals surface area contributed by atoms with Crippen molar-refractivity contribution >= 4 is 17.4 Å². The fraction of sp³-hybridized carbons (Fsp3) is 0.0833. The van der Waals surface area contributed by atoms with Crippen molar-refractivity contribution in [1.82, 2.24) is 0 Å². The Kier molecular flexibility index (Phi) is 4.33. The summed E-state index contributed by atoms with van der Waals surface area (Å²) in [5, 5.41) is -4.29. The average molecular weight is 383 g/mol. The summed E-state index contributed by atoms with van der Waals surface area (Å²) in [5.41, 5.74) is 0. The summed E-state index contributed by atoms with van der Waals surface area (Å²) < 4.78 is 123. The van der Waals surface area contributed by atoms with Gasteiger partial charge in [0.2, 0.25) is 58.1 Å². The Morgan fingerprint density at radius 1 is 0.750 bits per heavy atom. The number of rotatable bonds is 2. The van der Waals surface area contributed by atoms with Gasteiger partial charge in [0.1, 0.15) is 0 Å². The topological polar surface area (TPSA) is 26.3 Å². The zero-order chi connectivity index (χ0) is 18.6. The van der Waals surface area contributed by atoms with Crippen LogP contribution in [0.4, 0.5) is 39.5 Å². The van der Waals surface area contributed by atoms with Gasteiger partial charge in [0.25, 0.3) is 5.78 Å². The third-order valence-corrected chi connectivity index (χ3v) is 3.06. The molecule has 0 radical (unpaired) electrons. The highest BCUT2D eigenvalue weighted by Gasteiger charge is 2.52. The summed E-state index contributed by atoms with van der Waals surface area (Å²) in [5.74, 6) is -28.0. The van der Waals surface area contributed by atoms with Crippen LogP contribution in [0, 0.1) is 29.1 Å². The molecule has 12 heteroatoms. The molecule has 0 spiro atoms. The van der Waals surface area contributed by atoms with E-state index in [2.05, 4.69) is 16.3 Å². The largest absolute Gasteiger partial charge is 0.444 e. The van der Waals surface area contributed by atoms with Crippen LogP contribution in [0.1, 0.15) is 0 Å². The van der Waals surface area contributed by atoms with E-state index in [-0.39, 0.29) is 0 Å². The molecule has 0 aromatic heterocycles. The van der Waals surface area contributed by atoms with Crippen molar-refractivity contribution in [2.75, 3.05) is 0 Å². The maximum Gasteiger partial charge on any atom is 0.302 e. The van der Waals surface area contributed by atoms with E-state index in [9.17, 15) is 44.3 Å². The van der Waals surface area contributed by atoms with Gasteiger partial charge >= 0.3 is 5.13 Å². The van der Waals surface area contributed by atoms with E-state index in [1.165, 1.54) is 0 Å². The maximum atomic E-state index is 13.5. The number of allylic oxidation sites excluding steroid dienone is 3. The van der Waals surface area contributed by atoms with Gasteiger partial charge in [0.05, 0.1) is 0 Å². The van der Waals surface area contributed by atoms with Gasteiger partial charge in [-0.2, -0.15) is 17.6 Å². The zero-order valence-electron chi connectivity index (χ0n) is 10.6. The number of carbonyl (C=O) groups is 1. The van der Waals surface area contributed by atoms with E-state index < -0.39 is 69.0 Å². The summed E-state index contributed by atoms with van der Waals surface area (Å²) in [6.07, 6.45) is 0. The van der Waals surface area contributed by atoms with E-state index in [0.717, 1.165) is 0 Å². The van der Waals surface area contributed by atoms with E-state index in [1.54, 1.807) is 0 Å². The van der Waals surface area contributed by atoms with Crippen molar-refractivity contribution in [2.45, 2.75) is 5.13 Å². The molecule has 0 aliphatic heterocycles. The molecule has 0 saturated heterocycles. The number of Topliss-reactive ketones (excluding diaryl/α,β-unsaturated/α-hetero) is 1. The van der Waals surface area contributed by atoms with Gasteiger partial charge in [-0.15, -0.1) is 0 Å². The van der Waals surface area contributed by atoms with Gasteiger partial charge in [0, 0.05) is 0 Å². The van der Waals surface area contributed by atoms with Crippen molar-refractivity contribution in [3.63, 3.8) is 0 Å². The number of hydrogen-bond acceptors (Lipinski definition) is 2. The Morgan fingerprint density at radius 3 is 1.62 bits per heavy atom. The number of benzene rings is 1. The van der Waals surface area contributed by atoms with Crippen molar-refractivity contribution in [2.24, 2.45) is 0 Å². The molecule has 0 heterocycles. The third-order valence-electron chi connectivity index (χ3n) is 2.73. The van der Waals surface area contributed by atoms with Crippen molar-refractivity contribution in [3.05, 3.63) is 52.3 Å². The van der Waals surface area contributed by atoms with E-state index in [0.29, 0.717) is 0 Å². The second kappa shape index (κ2) is 5.72. The molecule has 0 saturated carbocycles. The second-order valence-corrected chi connectivity index (χ2v) is 4.70. The molecule has 1 unspecified atom stereocenters.